The Labute approximate surface area is 129 Å². The lowest BCUT2D eigenvalue weighted by molar-refractivity contribution is 0.0924. The fourth-order valence-electron chi connectivity index (χ4n) is 1.90. The highest BCUT2D eigenvalue weighted by atomic mass is 16.5. The predicted molar refractivity (Wildman–Crippen MR) is 84.5 cm³/mol. The molecule has 0 saturated heterocycles. The predicted octanol–water partition coefficient (Wildman–Crippen LogP) is 1.94. The summed E-state index contributed by atoms with van der Waals surface area (Å²) in [5, 5.41) is 15.0. The fourth-order valence-corrected chi connectivity index (χ4v) is 1.90. The zero-order valence-electron chi connectivity index (χ0n) is 12.5. The molecule has 3 N–H and O–H groups in total. The number of rotatable bonds is 6. The van der Waals surface area contributed by atoms with Gasteiger partial charge in [-0.1, -0.05) is 12.1 Å². The third kappa shape index (κ3) is 3.95. The summed E-state index contributed by atoms with van der Waals surface area (Å²) < 4.78 is 5.27. The largest absolute Gasteiger partial charge is 0.495 e. The van der Waals surface area contributed by atoms with E-state index >= 15 is 0 Å². The Balaban J connectivity index is 2.23. The number of amides is 1. The van der Waals surface area contributed by atoms with E-state index in [1.165, 1.54) is 0 Å². The van der Waals surface area contributed by atoms with Gasteiger partial charge in [-0.15, -0.1) is 0 Å². The average Bonchev–Trinajstić information content (AvgIpc) is 2.53. The van der Waals surface area contributed by atoms with Crippen molar-refractivity contribution in [1.29, 1.82) is 0 Å². The molecule has 0 bridgehead atoms. The number of ether oxygens (including phenoxy) is 1. The van der Waals surface area contributed by atoms with E-state index < -0.39 is 6.10 Å². The fraction of sp³-hybridized carbons (Fsp3) is 0.250. The normalized spacial score (nSPS) is 11.6. The maximum absolute atomic E-state index is 12.2. The number of pyridine rings is 1. The second-order valence-corrected chi connectivity index (χ2v) is 4.78. The highest BCUT2D eigenvalue weighted by Crippen LogP contribution is 2.27. The summed E-state index contributed by atoms with van der Waals surface area (Å²) in [5.74, 6) is 0.782. The summed E-state index contributed by atoms with van der Waals surface area (Å²) in [6.45, 7) is 1.79. The van der Waals surface area contributed by atoms with E-state index in [4.69, 9.17) is 4.74 Å². The van der Waals surface area contributed by atoms with Gasteiger partial charge in [0, 0.05) is 12.7 Å². The van der Waals surface area contributed by atoms with Crippen LogP contribution < -0.4 is 15.4 Å². The van der Waals surface area contributed by atoms with Crippen molar-refractivity contribution < 1.29 is 14.6 Å². The first-order chi connectivity index (χ1) is 10.6. The number of aromatic nitrogens is 1. The lowest BCUT2D eigenvalue weighted by Gasteiger charge is -2.13. The van der Waals surface area contributed by atoms with Gasteiger partial charge in [-0.25, -0.2) is 4.98 Å². The van der Waals surface area contributed by atoms with Gasteiger partial charge in [0.05, 0.1) is 24.5 Å². The van der Waals surface area contributed by atoms with Gasteiger partial charge in [0.1, 0.15) is 11.6 Å². The van der Waals surface area contributed by atoms with E-state index in [9.17, 15) is 9.90 Å². The molecule has 6 nitrogen and oxygen atoms in total. The van der Waals surface area contributed by atoms with Gasteiger partial charge < -0.3 is 20.5 Å². The van der Waals surface area contributed by atoms with E-state index in [0.717, 1.165) is 0 Å². The van der Waals surface area contributed by atoms with Crippen molar-refractivity contribution >= 4 is 17.4 Å². The molecule has 0 aliphatic rings. The molecule has 0 aliphatic carbocycles. The van der Waals surface area contributed by atoms with Gasteiger partial charge in [0.25, 0.3) is 5.91 Å². The van der Waals surface area contributed by atoms with E-state index in [0.29, 0.717) is 22.8 Å². The number of benzene rings is 1. The minimum absolute atomic E-state index is 0.182. The molecular weight excluding hydrogens is 282 g/mol. The molecule has 0 saturated carbocycles. The van der Waals surface area contributed by atoms with Gasteiger partial charge in [0.15, 0.2) is 0 Å². The minimum Gasteiger partial charge on any atom is -0.495 e. The molecule has 22 heavy (non-hydrogen) atoms. The number of methoxy groups -OCH3 is 1. The van der Waals surface area contributed by atoms with Crippen LogP contribution in [0.2, 0.25) is 0 Å². The van der Waals surface area contributed by atoms with Crippen LogP contribution >= 0.6 is 0 Å². The van der Waals surface area contributed by atoms with Gasteiger partial charge >= 0.3 is 0 Å². The quantitative estimate of drug-likeness (QED) is 0.759. The number of carbonyl (C=O) groups is 1. The summed E-state index contributed by atoms with van der Waals surface area (Å²) in [6.07, 6.45) is 0.995. The summed E-state index contributed by atoms with van der Waals surface area (Å²) in [5.41, 5.74) is 1.11. The molecule has 0 fully saturated rings. The third-order valence-corrected chi connectivity index (χ3v) is 2.97. The van der Waals surface area contributed by atoms with Crippen molar-refractivity contribution in [2.45, 2.75) is 13.0 Å². The van der Waals surface area contributed by atoms with Gasteiger partial charge in [0.2, 0.25) is 0 Å². The summed E-state index contributed by atoms with van der Waals surface area (Å²) in [6, 6.07) is 10.7. The molecular formula is C16H19N3O3. The molecule has 0 aliphatic heterocycles. The van der Waals surface area contributed by atoms with Crippen molar-refractivity contribution in [2.24, 2.45) is 0 Å². The molecule has 1 aromatic heterocycles. The standard InChI is InChI=1S/C16H19N3O3/c1-11(20)10-18-16(21)12-6-5-9-17-15(12)19-13-7-3-4-8-14(13)22-2/h3-9,11,20H,10H2,1-2H3,(H,17,19)(H,18,21). The lowest BCUT2D eigenvalue weighted by atomic mass is 10.2. The molecule has 0 radical (unpaired) electrons. The number of hydrogen-bond acceptors (Lipinski definition) is 5. The SMILES string of the molecule is COc1ccccc1Nc1ncccc1C(=O)NCC(C)O. The molecule has 2 rings (SSSR count). The van der Waals surface area contributed by atoms with E-state index in [1.54, 1.807) is 32.4 Å². The van der Waals surface area contributed by atoms with Crippen molar-refractivity contribution in [2.75, 3.05) is 19.0 Å². The highest BCUT2D eigenvalue weighted by Gasteiger charge is 2.14. The number of aliphatic hydroxyl groups is 1. The smallest absolute Gasteiger partial charge is 0.255 e. The number of nitrogens with zero attached hydrogens (tertiary/aromatic N) is 1. The van der Waals surface area contributed by atoms with Crippen LogP contribution in [-0.2, 0) is 0 Å². The van der Waals surface area contributed by atoms with Crippen LogP contribution in [0.1, 0.15) is 17.3 Å². The van der Waals surface area contributed by atoms with Gasteiger partial charge in [-0.2, -0.15) is 0 Å². The number of carbonyl (C=O) groups excluding carboxylic acids is 1. The molecule has 2 aromatic rings. The molecule has 1 atom stereocenters. The Morgan fingerprint density at radius 3 is 2.82 bits per heavy atom. The Bertz CT molecular complexity index is 644. The second-order valence-electron chi connectivity index (χ2n) is 4.78. The topological polar surface area (TPSA) is 83.5 Å². The Hall–Kier alpha value is -2.60. The van der Waals surface area contributed by atoms with Crippen LogP contribution in [0.4, 0.5) is 11.5 Å². The summed E-state index contributed by atoms with van der Waals surface area (Å²) >= 11 is 0. The van der Waals surface area contributed by atoms with E-state index in [1.807, 2.05) is 24.3 Å². The maximum Gasteiger partial charge on any atom is 0.255 e. The average molecular weight is 301 g/mol. The van der Waals surface area contributed by atoms with Crippen LogP contribution in [-0.4, -0.2) is 35.8 Å². The first-order valence-corrected chi connectivity index (χ1v) is 6.93. The summed E-state index contributed by atoms with van der Waals surface area (Å²) in [4.78, 5) is 16.4. The van der Waals surface area contributed by atoms with Crippen LogP contribution in [0.25, 0.3) is 0 Å². The van der Waals surface area contributed by atoms with Gasteiger partial charge in [-0.3, -0.25) is 4.79 Å². The van der Waals surface area contributed by atoms with E-state index in [2.05, 4.69) is 15.6 Å². The van der Waals surface area contributed by atoms with Crippen molar-refractivity contribution in [3.8, 4) is 5.75 Å². The zero-order valence-corrected chi connectivity index (χ0v) is 12.5. The second kappa shape index (κ2) is 7.42. The number of para-hydroxylation sites is 2. The molecule has 0 spiro atoms. The summed E-state index contributed by atoms with van der Waals surface area (Å²) in [7, 11) is 1.58. The molecule has 6 heteroatoms. The highest BCUT2D eigenvalue weighted by molar-refractivity contribution is 5.99. The van der Waals surface area contributed by atoms with Crippen molar-refractivity contribution in [3.63, 3.8) is 0 Å². The first-order valence-electron chi connectivity index (χ1n) is 6.93. The Morgan fingerprint density at radius 2 is 2.09 bits per heavy atom. The number of anilines is 2. The molecule has 1 aromatic carbocycles. The lowest BCUT2D eigenvalue weighted by Crippen LogP contribution is -2.31. The monoisotopic (exact) mass is 301 g/mol. The van der Waals surface area contributed by atoms with Crippen LogP contribution in [0, 0.1) is 0 Å². The number of nitrogens with one attached hydrogen (secondary N) is 2. The maximum atomic E-state index is 12.2. The first kappa shape index (κ1) is 15.8. The van der Waals surface area contributed by atoms with Crippen LogP contribution in [0.15, 0.2) is 42.6 Å². The molecule has 1 heterocycles. The Morgan fingerprint density at radius 1 is 1.32 bits per heavy atom. The Kier molecular flexibility index (Phi) is 5.32. The number of aliphatic hydroxyl groups excluding tert-OH is 1. The molecule has 1 amide bonds. The van der Waals surface area contributed by atoms with Crippen molar-refractivity contribution in [3.05, 3.63) is 48.2 Å². The van der Waals surface area contributed by atoms with E-state index in [-0.39, 0.29) is 12.5 Å². The third-order valence-electron chi connectivity index (χ3n) is 2.97. The minimum atomic E-state index is -0.605. The number of hydrogen-bond donors (Lipinski definition) is 3. The van der Waals surface area contributed by atoms with Crippen LogP contribution in [0.5, 0.6) is 5.75 Å². The zero-order chi connectivity index (χ0) is 15.9. The van der Waals surface area contributed by atoms with Crippen LogP contribution in [0.3, 0.4) is 0 Å². The molecule has 1 unspecified atom stereocenters. The van der Waals surface area contributed by atoms with Gasteiger partial charge in [-0.05, 0) is 31.2 Å². The van der Waals surface area contributed by atoms with Crippen molar-refractivity contribution in [1.82, 2.24) is 10.3 Å². The molecule has 116 valence electrons.